The number of alkyl halides is 3. The molecule has 0 saturated carbocycles. The molecule has 3 aromatic carbocycles. The summed E-state index contributed by atoms with van der Waals surface area (Å²) in [6, 6.07) is 13.2. The van der Waals surface area contributed by atoms with E-state index in [1.165, 1.54) is 25.3 Å². The SMILES string of the molecule is C=CCC(N)C(=O)N[C@@](Cc1ccccc1)(c1cc(F)cc(C(F)(F)F)c1)c1ccc(F)c(OC)c1. The Bertz CT molecular complexity index is 1230. The maximum atomic E-state index is 14.6. The van der Waals surface area contributed by atoms with Crippen molar-refractivity contribution in [1.82, 2.24) is 5.32 Å². The number of nitrogens with two attached hydrogens (primary N) is 1. The Morgan fingerprint density at radius 1 is 1.03 bits per heavy atom. The molecule has 3 N–H and O–H groups in total. The fourth-order valence-electron chi connectivity index (χ4n) is 3.98. The van der Waals surface area contributed by atoms with E-state index >= 15 is 0 Å². The van der Waals surface area contributed by atoms with E-state index in [9.17, 15) is 26.7 Å². The summed E-state index contributed by atoms with van der Waals surface area (Å²) < 4.78 is 75.0. The molecule has 36 heavy (non-hydrogen) atoms. The van der Waals surface area contributed by atoms with Crippen molar-refractivity contribution in [2.75, 3.05) is 7.11 Å². The average molecular weight is 504 g/mol. The van der Waals surface area contributed by atoms with Gasteiger partial charge in [0.25, 0.3) is 0 Å². The Kier molecular flexibility index (Phi) is 8.14. The van der Waals surface area contributed by atoms with Crippen LogP contribution in [-0.4, -0.2) is 19.1 Å². The average Bonchev–Trinajstić information content (AvgIpc) is 2.83. The molecule has 0 radical (unpaired) electrons. The number of rotatable bonds is 9. The lowest BCUT2D eigenvalue weighted by Crippen LogP contribution is -2.53. The molecule has 0 heterocycles. The number of ether oxygens (including phenoxy) is 1. The smallest absolute Gasteiger partial charge is 0.416 e. The fraction of sp³-hybridized carbons (Fsp3) is 0.222. The number of halogens is 5. The third kappa shape index (κ3) is 5.91. The first-order valence-corrected chi connectivity index (χ1v) is 10.9. The van der Waals surface area contributed by atoms with Gasteiger partial charge in [0.15, 0.2) is 11.6 Å². The van der Waals surface area contributed by atoms with E-state index in [1.54, 1.807) is 30.3 Å². The van der Waals surface area contributed by atoms with Gasteiger partial charge in [0.05, 0.1) is 24.3 Å². The van der Waals surface area contributed by atoms with Gasteiger partial charge >= 0.3 is 6.18 Å². The molecule has 0 saturated heterocycles. The van der Waals surface area contributed by atoms with Crippen molar-refractivity contribution >= 4 is 5.91 Å². The van der Waals surface area contributed by atoms with Crippen molar-refractivity contribution in [2.24, 2.45) is 5.73 Å². The topological polar surface area (TPSA) is 64.4 Å². The standard InChI is InChI=1S/C27H25F5N2O2/c1-3-7-23(33)25(35)34-26(16-17-8-5-4-6-9-17,18-10-11-22(29)24(15-18)36-2)19-12-20(27(30,31)32)14-21(28)13-19/h3-6,8-15,23H,1,7,16,33H2,2H3,(H,34,35)/t23?,26-/m1/s1. The highest BCUT2D eigenvalue weighted by molar-refractivity contribution is 5.83. The molecular formula is C27H25F5N2O2. The van der Waals surface area contributed by atoms with Crippen LogP contribution in [0, 0.1) is 11.6 Å². The first kappa shape index (κ1) is 26.9. The van der Waals surface area contributed by atoms with E-state index in [2.05, 4.69) is 11.9 Å². The number of benzene rings is 3. The van der Waals surface area contributed by atoms with Crippen molar-refractivity contribution in [3.05, 3.63) is 113 Å². The lowest BCUT2D eigenvalue weighted by Gasteiger charge is -2.38. The minimum atomic E-state index is -4.86. The predicted octanol–water partition coefficient (Wildman–Crippen LogP) is 5.50. The summed E-state index contributed by atoms with van der Waals surface area (Å²) in [7, 11) is 1.23. The lowest BCUT2D eigenvalue weighted by atomic mass is 9.77. The first-order valence-electron chi connectivity index (χ1n) is 10.9. The minimum absolute atomic E-state index is 0.0803. The second-order valence-corrected chi connectivity index (χ2v) is 8.26. The van der Waals surface area contributed by atoms with E-state index < -0.39 is 40.9 Å². The van der Waals surface area contributed by atoms with Crippen molar-refractivity contribution in [3.8, 4) is 5.75 Å². The summed E-state index contributed by atoms with van der Waals surface area (Å²) in [5.74, 6) is -2.80. The van der Waals surface area contributed by atoms with E-state index in [4.69, 9.17) is 10.5 Å². The molecule has 1 unspecified atom stereocenters. The number of nitrogens with one attached hydrogen (secondary N) is 1. The largest absolute Gasteiger partial charge is 0.494 e. The molecular weight excluding hydrogens is 479 g/mol. The minimum Gasteiger partial charge on any atom is -0.494 e. The highest BCUT2D eigenvalue weighted by Gasteiger charge is 2.41. The molecule has 4 nitrogen and oxygen atoms in total. The summed E-state index contributed by atoms with van der Waals surface area (Å²) in [6.45, 7) is 3.55. The summed E-state index contributed by atoms with van der Waals surface area (Å²) in [6.07, 6.45) is -3.46. The number of carbonyl (C=O) groups is 1. The molecule has 3 rings (SSSR count). The van der Waals surface area contributed by atoms with Gasteiger partial charge in [-0.05, 0) is 53.4 Å². The number of hydrogen-bond donors (Lipinski definition) is 2. The van der Waals surface area contributed by atoms with Crippen LogP contribution in [0.15, 0.2) is 79.4 Å². The molecule has 0 aromatic heterocycles. The molecule has 190 valence electrons. The van der Waals surface area contributed by atoms with Crippen molar-refractivity contribution in [3.63, 3.8) is 0 Å². The Morgan fingerprint density at radius 2 is 1.69 bits per heavy atom. The molecule has 0 aliphatic rings. The van der Waals surface area contributed by atoms with Gasteiger partial charge in [-0.15, -0.1) is 6.58 Å². The van der Waals surface area contributed by atoms with Crippen LogP contribution in [0.1, 0.15) is 28.7 Å². The maximum Gasteiger partial charge on any atom is 0.416 e. The molecule has 0 spiro atoms. The van der Waals surface area contributed by atoms with Crippen LogP contribution in [0.4, 0.5) is 22.0 Å². The Morgan fingerprint density at radius 3 is 2.31 bits per heavy atom. The van der Waals surface area contributed by atoms with Crippen LogP contribution >= 0.6 is 0 Å². The quantitative estimate of drug-likeness (QED) is 0.299. The number of methoxy groups -OCH3 is 1. The van der Waals surface area contributed by atoms with Gasteiger partial charge in [0.2, 0.25) is 5.91 Å². The number of amides is 1. The van der Waals surface area contributed by atoms with Gasteiger partial charge < -0.3 is 15.8 Å². The van der Waals surface area contributed by atoms with Crippen molar-refractivity contribution < 1.29 is 31.5 Å². The Hall–Kier alpha value is -3.72. The maximum absolute atomic E-state index is 14.6. The van der Waals surface area contributed by atoms with Crippen LogP contribution in [0.25, 0.3) is 0 Å². The Labute approximate surface area is 205 Å². The third-order valence-corrected chi connectivity index (χ3v) is 5.77. The van der Waals surface area contributed by atoms with E-state index in [0.717, 1.165) is 18.2 Å². The zero-order valence-electron chi connectivity index (χ0n) is 19.4. The molecule has 0 aliphatic heterocycles. The molecule has 1 amide bonds. The fourth-order valence-corrected chi connectivity index (χ4v) is 3.98. The van der Waals surface area contributed by atoms with E-state index in [0.29, 0.717) is 11.6 Å². The normalized spacial score (nSPS) is 14.0. The highest BCUT2D eigenvalue weighted by atomic mass is 19.4. The molecule has 3 aromatic rings. The first-order chi connectivity index (χ1) is 17.0. The van der Waals surface area contributed by atoms with Crippen LogP contribution in [0.2, 0.25) is 0 Å². The van der Waals surface area contributed by atoms with Crippen LogP contribution in [-0.2, 0) is 22.9 Å². The molecule has 9 heteroatoms. The van der Waals surface area contributed by atoms with Gasteiger partial charge in [-0.25, -0.2) is 8.78 Å². The molecule has 0 bridgehead atoms. The summed E-state index contributed by atoms with van der Waals surface area (Å²) >= 11 is 0. The van der Waals surface area contributed by atoms with Gasteiger partial charge in [-0.1, -0.05) is 42.5 Å². The van der Waals surface area contributed by atoms with E-state index in [1.807, 2.05) is 0 Å². The molecule has 0 fully saturated rings. The van der Waals surface area contributed by atoms with Gasteiger partial charge in [-0.3, -0.25) is 4.79 Å². The highest BCUT2D eigenvalue weighted by Crippen LogP contribution is 2.39. The summed E-state index contributed by atoms with van der Waals surface area (Å²) in [5, 5.41) is 2.75. The van der Waals surface area contributed by atoms with Crippen LogP contribution < -0.4 is 15.8 Å². The van der Waals surface area contributed by atoms with Crippen LogP contribution in [0.3, 0.4) is 0 Å². The van der Waals surface area contributed by atoms with Gasteiger partial charge in [0.1, 0.15) is 5.82 Å². The van der Waals surface area contributed by atoms with Gasteiger partial charge in [-0.2, -0.15) is 13.2 Å². The predicted molar refractivity (Wildman–Crippen MR) is 126 cm³/mol. The van der Waals surface area contributed by atoms with Crippen molar-refractivity contribution in [1.29, 1.82) is 0 Å². The number of carbonyl (C=O) groups excluding carboxylic acids is 1. The van der Waals surface area contributed by atoms with Crippen molar-refractivity contribution in [2.45, 2.75) is 30.6 Å². The van der Waals surface area contributed by atoms with Gasteiger partial charge in [0, 0.05) is 6.42 Å². The third-order valence-electron chi connectivity index (χ3n) is 5.77. The molecule has 2 atom stereocenters. The number of hydrogen-bond acceptors (Lipinski definition) is 3. The molecule has 0 aliphatic carbocycles. The van der Waals surface area contributed by atoms with E-state index in [-0.39, 0.29) is 29.7 Å². The Balaban J connectivity index is 2.36. The summed E-state index contributed by atoms with van der Waals surface area (Å²) in [5.41, 5.74) is 3.53. The zero-order chi connectivity index (χ0) is 26.5. The second kappa shape index (κ2) is 10.9. The zero-order valence-corrected chi connectivity index (χ0v) is 19.4. The summed E-state index contributed by atoms with van der Waals surface area (Å²) in [4.78, 5) is 13.2. The van der Waals surface area contributed by atoms with Crippen LogP contribution in [0.5, 0.6) is 5.75 Å². The second-order valence-electron chi connectivity index (χ2n) is 8.26. The lowest BCUT2D eigenvalue weighted by molar-refractivity contribution is -0.137. The monoisotopic (exact) mass is 504 g/mol.